The second kappa shape index (κ2) is 9.31. The molecule has 12 nitrogen and oxygen atoms in total. The highest BCUT2D eigenvalue weighted by Gasteiger charge is 2.25. The van der Waals surface area contributed by atoms with Gasteiger partial charge in [0, 0.05) is 12.1 Å². The first-order valence-electron chi connectivity index (χ1n) is 8.97. The quantitative estimate of drug-likeness (QED) is 0.388. The lowest BCUT2D eigenvalue weighted by atomic mass is 10.2. The van der Waals surface area contributed by atoms with Crippen LogP contribution in [0.2, 0.25) is 5.02 Å². The van der Waals surface area contributed by atoms with Crippen LogP contribution >= 0.6 is 11.6 Å². The van der Waals surface area contributed by atoms with E-state index in [1.54, 1.807) is 24.3 Å². The zero-order valence-electron chi connectivity index (χ0n) is 16.8. The van der Waals surface area contributed by atoms with Gasteiger partial charge in [-0.25, -0.2) is 0 Å². The van der Waals surface area contributed by atoms with Gasteiger partial charge in [0.25, 0.3) is 5.69 Å². The predicted molar refractivity (Wildman–Crippen MR) is 113 cm³/mol. The van der Waals surface area contributed by atoms with Crippen LogP contribution in [0.4, 0.5) is 17.2 Å². The van der Waals surface area contributed by atoms with Crippen molar-refractivity contribution in [2.45, 2.75) is 13.5 Å². The van der Waals surface area contributed by atoms with E-state index in [2.05, 4.69) is 10.4 Å². The number of nitrogens with zero attached hydrogens (tertiary/aromatic N) is 4. The lowest BCUT2D eigenvalue weighted by Gasteiger charge is -2.11. The molecule has 0 aliphatic heterocycles. The van der Waals surface area contributed by atoms with Gasteiger partial charge in [-0.2, -0.15) is 4.68 Å². The Kier molecular flexibility index (Phi) is 6.54. The number of nitrogens with one attached hydrogen (secondary N) is 1. The van der Waals surface area contributed by atoms with Crippen LogP contribution in [-0.4, -0.2) is 32.6 Å². The van der Waals surface area contributed by atoms with Crippen LogP contribution in [0.5, 0.6) is 17.2 Å². The van der Waals surface area contributed by atoms with E-state index in [0.717, 1.165) is 10.7 Å². The van der Waals surface area contributed by atoms with E-state index >= 15 is 0 Å². The average molecular weight is 462 g/mol. The molecule has 0 atom stereocenters. The maximum absolute atomic E-state index is 12.5. The number of carbonyl (C=O) groups excluding carboxylic acids is 1. The number of anilines is 1. The van der Waals surface area contributed by atoms with Crippen LogP contribution in [0.3, 0.4) is 0 Å². The van der Waals surface area contributed by atoms with Gasteiger partial charge in [-0.1, -0.05) is 23.7 Å². The van der Waals surface area contributed by atoms with Crippen molar-refractivity contribution in [3.8, 4) is 17.2 Å². The largest absolute Gasteiger partial charge is 0.493 e. The number of rotatable bonds is 8. The number of para-hydroxylation sites is 2. The van der Waals surface area contributed by atoms with Gasteiger partial charge >= 0.3 is 5.82 Å². The molecular weight excluding hydrogens is 446 g/mol. The van der Waals surface area contributed by atoms with Gasteiger partial charge in [0.2, 0.25) is 5.91 Å². The molecule has 0 saturated heterocycles. The zero-order chi connectivity index (χ0) is 23.4. The van der Waals surface area contributed by atoms with E-state index in [1.165, 1.54) is 26.2 Å². The van der Waals surface area contributed by atoms with E-state index in [1.807, 2.05) is 0 Å². The van der Waals surface area contributed by atoms with Crippen molar-refractivity contribution in [1.29, 1.82) is 0 Å². The maximum atomic E-state index is 12.5. The van der Waals surface area contributed by atoms with Crippen LogP contribution in [0.15, 0.2) is 42.5 Å². The predicted octanol–water partition coefficient (Wildman–Crippen LogP) is 4.10. The van der Waals surface area contributed by atoms with Crippen molar-refractivity contribution >= 4 is 34.7 Å². The zero-order valence-corrected chi connectivity index (χ0v) is 17.5. The number of carbonyl (C=O) groups is 1. The van der Waals surface area contributed by atoms with Crippen molar-refractivity contribution in [3.05, 3.63) is 73.4 Å². The summed E-state index contributed by atoms with van der Waals surface area (Å²) in [5.74, 6) is -0.377. The fourth-order valence-electron chi connectivity index (χ4n) is 2.77. The average Bonchev–Trinajstić information content (AvgIpc) is 3.02. The molecule has 13 heteroatoms. The van der Waals surface area contributed by atoms with Gasteiger partial charge in [-0.15, -0.1) is 0 Å². The Balaban J connectivity index is 1.84. The van der Waals surface area contributed by atoms with Crippen molar-refractivity contribution in [1.82, 2.24) is 9.78 Å². The number of nitro benzene ring substituents is 1. The molecule has 0 bridgehead atoms. The fourth-order valence-corrected chi connectivity index (χ4v) is 2.97. The summed E-state index contributed by atoms with van der Waals surface area (Å²) < 4.78 is 12.0. The molecule has 2 aromatic carbocycles. The molecule has 3 rings (SSSR count). The Morgan fingerprint density at radius 3 is 2.44 bits per heavy atom. The lowest BCUT2D eigenvalue weighted by Crippen LogP contribution is -2.20. The number of hydrogen-bond donors (Lipinski definition) is 1. The van der Waals surface area contributed by atoms with Crippen molar-refractivity contribution in [2.24, 2.45) is 0 Å². The summed E-state index contributed by atoms with van der Waals surface area (Å²) in [6.45, 7) is 1.08. The summed E-state index contributed by atoms with van der Waals surface area (Å²) in [5.41, 5.74) is -0.00564. The van der Waals surface area contributed by atoms with E-state index in [0.29, 0.717) is 11.5 Å². The molecule has 32 heavy (non-hydrogen) atoms. The molecule has 166 valence electrons. The summed E-state index contributed by atoms with van der Waals surface area (Å²) in [6, 6.07) is 10.5. The SMILES string of the molecule is COc1ccccc1Oc1cc(NC(=O)Cn2nc([N+](=O)[O-])c(Cl)c2C)cc([N+](=O)[O-])c1. The summed E-state index contributed by atoms with van der Waals surface area (Å²) in [6.07, 6.45) is 0. The molecule has 0 radical (unpaired) electrons. The maximum Gasteiger partial charge on any atom is 0.408 e. The molecular formula is C19H16ClN5O7. The standard InChI is InChI=1S/C19H16ClN5O7/c1-11-18(20)19(25(29)30)22-23(11)10-17(26)21-12-7-13(24(27)28)9-14(8-12)32-16-6-4-3-5-15(16)31-2/h3-9H,10H2,1-2H3,(H,21,26). The third kappa shape index (κ3) is 4.92. The Hall–Kier alpha value is -4.19. The third-order valence-electron chi connectivity index (χ3n) is 4.27. The van der Waals surface area contributed by atoms with Gasteiger partial charge < -0.3 is 24.9 Å². The minimum absolute atomic E-state index is 0.0829. The minimum atomic E-state index is -0.758. The van der Waals surface area contributed by atoms with Crippen molar-refractivity contribution in [3.63, 3.8) is 0 Å². The molecule has 3 aromatic rings. The molecule has 1 aromatic heterocycles. The number of ether oxygens (including phenoxy) is 2. The summed E-state index contributed by atoms with van der Waals surface area (Å²) in [4.78, 5) is 33.4. The van der Waals surface area contributed by atoms with Gasteiger partial charge in [-0.3, -0.25) is 14.9 Å². The second-order valence-electron chi connectivity index (χ2n) is 6.41. The minimum Gasteiger partial charge on any atom is -0.493 e. The molecule has 1 amide bonds. The number of amides is 1. The molecule has 0 aliphatic rings. The number of halogens is 1. The van der Waals surface area contributed by atoms with Crippen LogP contribution < -0.4 is 14.8 Å². The van der Waals surface area contributed by atoms with E-state index < -0.39 is 28.1 Å². The number of non-ortho nitro benzene ring substituents is 1. The highest BCUT2D eigenvalue weighted by Crippen LogP contribution is 2.34. The Labute approximate surface area is 185 Å². The number of aromatic nitrogens is 2. The monoisotopic (exact) mass is 461 g/mol. The van der Waals surface area contributed by atoms with Gasteiger partial charge in [0.15, 0.2) is 16.5 Å². The first kappa shape index (κ1) is 22.5. The van der Waals surface area contributed by atoms with Gasteiger partial charge in [-0.05, 0) is 24.0 Å². The number of nitro groups is 2. The van der Waals surface area contributed by atoms with E-state index in [-0.39, 0.29) is 27.8 Å². The third-order valence-corrected chi connectivity index (χ3v) is 4.71. The van der Waals surface area contributed by atoms with E-state index in [9.17, 15) is 25.0 Å². The summed E-state index contributed by atoms with van der Waals surface area (Å²) >= 11 is 5.87. The van der Waals surface area contributed by atoms with Crippen LogP contribution in [0.25, 0.3) is 0 Å². The fraction of sp³-hybridized carbons (Fsp3) is 0.158. The van der Waals surface area contributed by atoms with E-state index in [4.69, 9.17) is 21.1 Å². The molecule has 0 fully saturated rings. The van der Waals surface area contributed by atoms with Crippen LogP contribution in [0.1, 0.15) is 5.69 Å². The Bertz CT molecular complexity index is 1210. The number of hydrogen-bond acceptors (Lipinski definition) is 8. The summed E-state index contributed by atoms with van der Waals surface area (Å²) in [5, 5.41) is 28.3. The normalized spacial score (nSPS) is 10.5. The number of methoxy groups -OCH3 is 1. The van der Waals surface area contributed by atoms with Crippen LogP contribution in [-0.2, 0) is 11.3 Å². The van der Waals surface area contributed by atoms with Crippen molar-refractivity contribution in [2.75, 3.05) is 12.4 Å². The molecule has 0 spiro atoms. The number of benzene rings is 2. The smallest absolute Gasteiger partial charge is 0.408 e. The molecule has 1 N–H and O–H groups in total. The molecule has 0 aliphatic carbocycles. The van der Waals surface area contributed by atoms with Gasteiger partial charge in [0.05, 0.1) is 34.6 Å². The topological polar surface area (TPSA) is 152 Å². The van der Waals surface area contributed by atoms with Crippen molar-refractivity contribution < 1.29 is 24.1 Å². The lowest BCUT2D eigenvalue weighted by molar-refractivity contribution is -0.389. The molecule has 0 saturated carbocycles. The molecule has 0 unspecified atom stereocenters. The summed E-state index contributed by atoms with van der Waals surface area (Å²) in [7, 11) is 1.45. The Morgan fingerprint density at radius 2 is 1.84 bits per heavy atom. The first-order valence-corrected chi connectivity index (χ1v) is 9.35. The van der Waals surface area contributed by atoms with Gasteiger partial charge in [0.1, 0.15) is 12.3 Å². The first-order chi connectivity index (χ1) is 15.2. The molecule has 1 heterocycles. The Morgan fingerprint density at radius 1 is 1.16 bits per heavy atom. The van der Waals surface area contributed by atoms with Crippen LogP contribution in [0, 0.1) is 27.2 Å². The second-order valence-corrected chi connectivity index (χ2v) is 6.79. The highest BCUT2D eigenvalue weighted by molar-refractivity contribution is 6.33. The highest BCUT2D eigenvalue weighted by atomic mass is 35.5.